The summed E-state index contributed by atoms with van der Waals surface area (Å²) in [6.45, 7) is 2.92. The van der Waals surface area contributed by atoms with Crippen molar-refractivity contribution in [3.8, 4) is 22.9 Å². The number of ether oxygens (including phenoxy) is 2. The number of rotatable bonds is 4. The van der Waals surface area contributed by atoms with Gasteiger partial charge in [-0.1, -0.05) is 13.3 Å². The molecule has 0 radical (unpaired) electrons. The Morgan fingerprint density at radius 2 is 2.00 bits per heavy atom. The van der Waals surface area contributed by atoms with Gasteiger partial charge < -0.3 is 9.47 Å². The lowest BCUT2D eigenvalue weighted by Crippen LogP contribution is -2.22. The fourth-order valence-electron chi connectivity index (χ4n) is 2.75. The number of aromatic nitrogens is 5. The molecule has 0 aliphatic carbocycles. The van der Waals surface area contributed by atoms with Gasteiger partial charge in [0.15, 0.2) is 23.0 Å². The Bertz CT molecular complexity index is 976. The Labute approximate surface area is 137 Å². The predicted molar refractivity (Wildman–Crippen MR) is 87.0 cm³/mol. The van der Waals surface area contributed by atoms with Crippen LogP contribution in [-0.4, -0.2) is 31.1 Å². The van der Waals surface area contributed by atoms with Crippen molar-refractivity contribution in [2.24, 2.45) is 7.05 Å². The Morgan fingerprint density at radius 1 is 1.17 bits per heavy atom. The molecule has 0 fully saturated rings. The summed E-state index contributed by atoms with van der Waals surface area (Å²) in [4.78, 5) is 17.0. The smallest absolute Gasteiger partial charge is 0.331 e. The average molecular weight is 327 g/mol. The van der Waals surface area contributed by atoms with E-state index in [0.717, 1.165) is 18.4 Å². The summed E-state index contributed by atoms with van der Waals surface area (Å²) < 4.78 is 13.8. The largest absolute Gasteiger partial charge is 0.454 e. The van der Waals surface area contributed by atoms with Crippen LogP contribution in [0.25, 0.3) is 22.7 Å². The highest BCUT2D eigenvalue weighted by atomic mass is 16.7. The Kier molecular flexibility index (Phi) is 3.44. The van der Waals surface area contributed by atoms with Crippen LogP contribution in [0.5, 0.6) is 11.5 Å². The van der Waals surface area contributed by atoms with E-state index in [9.17, 15) is 4.79 Å². The van der Waals surface area contributed by atoms with Crippen molar-refractivity contribution in [3.05, 3.63) is 28.7 Å². The number of nitrogens with zero attached hydrogens (tertiary/aromatic N) is 5. The maximum Gasteiger partial charge on any atom is 0.331 e. The molecule has 4 rings (SSSR count). The highest BCUT2D eigenvalue weighted by molar-refractivity contribution is 5.70. The van der Waals surface area contributed by atoms with Crippen molar-refractivity contribution >= 4 is 11.3 Å². The fraction of sp³-hybridized carbons (Fsp3) is 0.375. The maximum absolute atomic E-state index is 12.4. The van der Waals surface area contributed by atoms with E-state index in [-0.39, 0.29) is 12.5 Å². The molecular formula is C16H17N5O3. The normalized spacial score (nSPS) is 12.9. The van der Waals surface area contributed by atoms with E-state index in [4.69, 9.17) is 9.47 Å². The fourth-order valence-corrected chi connectivity index (χ4v) is 2.75. The van der Waals surface area contributed by atoms with Crippen molar-refractivity contribution in [3.63, 3.8) is 0 Å². The lowest BCUT2D eigenvalue weighted by atomic mass is 10.2. The van der Waals surface area contributed by atoms with Gasteiger partial charge in [0.05, 0.1) is 0 Å². The number of imidazole rings is 1. The molecule has 0 amide bonds. The molecule has 0 N–H and O–H groups in total. The first-order chi connectivity index (χ1) is 11.7. The lowest BCUT2D eigenvalue weighted by molar-refractivity contribution is 0.174. The minimum Gasteiger partial charge on any atom is -0.454 e. The van der Waals surface area contributed by atoms with Crippen LogP contribution in [0.2, 0.25) is 0 Å². The Morgan fingerprint density at radius 3 is 2.83 bits per heavy atom. The van der Waals surface area contributed by atoms with Crippen LogP contribution in [0, 0.1) is 0 Å². The molecule has 2 aromatic heterocycles. The van der Waals surface area contributed by atoms with Gasteiger partial charge in [-0.3, -0.25) is 9.13 Å². The molecule has 8 nitrogen and oxygen atoms in total. The summed E-state index contributed by atoms with van der Waals surface area (Å²) in [5.41, 5.74) is 1.69. The molecule has 0 saturated heterocycles. The molecule has 3 aromatic rings. The van der Waals surface area contributed by atoms with Gasteiger partial charge in [0, 0.05) is 19.2 Å². The molecule has 1 aliphatic heterocycles. The zero-order valence-electron chi connectivity index (χ0n) is 13.5. The summed E-state index contributed by atoms with van der Waals surface area (Å²) in [5.74, 6) is 1.82. The van der Waals surface area contributed by atoms with Crippen molar-refractivity contribution < 1.29 is 9.47 Å². The van der Waals surface area contributed by atoms with E-state index in [2.05, 4.69) is 22.1 Å². The van der Waals surface area contributed by atoms with Gasteiger partial charge in [0.2, 0.25) is 12.4 Å². The number of fused-ring (bicyclic) bond motifs is 2. The quantitative estimate of drug-likeness (QED) is 0.725. The van der Waals surface area contributed by atoms with Gasteiger partial charge in [-0.2, -0.15) is 0 Å². The first kappa shape index (κ1) is 14.7. The zero-order valence-corrected chi connectivity index (χ0v) is 13.5. The molecule has 0 bridgehead atoms. The lowest BCUT2D eigenvalue weighted by Gasteiger charge is -2.03. The van der Waals surface area contributed by atoms with Crippen molar-refractivity contribution in [2.45, 2.75) is 26.3 Å². The highest BCUT2D eigenvalue weighted by Crippen LogP contribution is 2.35. The molecule has 0 spiro atoms. The average Bonchev–Trinajstić information content (AvgIpc) is 3.16. The number of benzene rings is 1. The van der Waals surface area contributed by atoms with Gasteiger partial charge in [-0.15, -0.1) is 10.2 Å². The van der Waals surface area contributed by atoms with Crippen molar-refractivity contribution in [1.82, 2.24) is 24.3 Å². The summed E-state index contributed by atoms with van der Waals surface area (Å²) in [6, 6.07) is 5.50. The van der Waals surface area contributed by atoms with Crippen LogP contribution in [0.15, 0.2) is 23.0 Å². The molecule has 3 heterocycles. The van der Waals surface area contributed by atoms with Gasteiger partial charge in [0.25, 0.3) is 0 Å². The Hall–Kier alpha value is -2.90. The minimum absolute atomic E-state index is 0.122. The third-order valence-electron chi connectivity index (χ3n) is 4.11. The van der Waals surface area contributed by atoms with Crippen LogP contribution in [-0.2, 0) is 13.6 Å². The maximum atomic E-state index is 12.4. The van der Waals surface area contributed by atoms with Crippen LogP contribution >= 0.6 is 0 Å². The van der Waals surface area contributed by atoms with Crippen molar-refractivity contribution in [1.29, 1.82) is 0 Å². The molecule has 0 atom stereocenters. The van der Waals surface area contributed by atoms with Crippen LogP contribution in [0.3, 0.4) is 0 Å². The van der Waals surface area contributed by atoms with E-state index < -0.39 is 0 Å². The van der Waals surface area contributed by atoms with E-state index in [0.29, 0.717) is 35.2 Å². The molecule has 124 valence electrons. The van der Waals surface area contributed by atoms with E-state index in [1.54, 1.807) is 11.6 Å². The standard InChI is InChI=1S/C16H17N5O3/c1-3-4-7-21-14-15(20(2)16(21)22)19-18-13(17-14)10-5-6-11-12(8-10)24-9-23-11/h5-6,8H,3-4,7,9H2,1-2H3. The first-order valence-corrected chi connectivity index (χ1v) is 7.89. The number of hydrogen-bond donors (Lipinski definition) is 0. The van der Waals surface area contributed by atoms with Crippen LogP contribution in [0.4, 0.5) is 0 Å². The summed E-state index contributed by atoms with van der Waals surface area (Å²) in [6.07, 6.45) is 1.90. The molecule has 0 unspecified atom stereocenters. The Balaban J connectivity index is 1.84. The number of unbranched alkanes of at least 4 members (excludes halogenated alkanes) is 1. The predicted octanol–water partition coefficient (Wildman–Crippen LogP) is 1.72. The molecule has 24 heavy (non-hydrogen) atoms. The summed E-state index contributed by atoms with van der Waals surface area (Å²) in [7, 11) is 1.68. The summed E-state index contributed by atoms with van der Waals surface area (Å²) in [5, 5.41) is 8.37. The second-order valence-electron chi connectivity index (χ2n) is 5.70. The molecule has 0 saturated carbocycles. The summed E-state index contributed by atoms with van der Waals surface area (Å²) >= 11 is 0. The van der Waals surface area contributed by atoms with Gasteiger partial charge in [0.1, 0.15) is 0 Å². The SMILES string of the molecule is CCCCn1c(=O)n(C)c2nnc(-c3ccc4c(c3)OCO4)nc21. The van der Waals surface area contributed by atoms with E-state index in [1.165, 1.54) is 4.57 Å². The first-order valence-electron chi connectivity index (χ1n) is 7.89. The molecule has 1 aliphatic rings. The monoisotopic (exact) mass is 327 g/mol. The van der Waals surface area contributed by atoms with Crippen LogP contribution in [0.1, 0.15) is 19.8 Å². The topological polar surface area (TPSA) is 84.1 Å². The highest BCUT2D eigenvalue weighted by Gasteiger charge is 2.18. The number of hydrogen-bond acceptors (Lipinski definition) is 6. The molecule has 8 heteroatoms. The molecular weight excluding hydrogens is 310 g/mol. The second-order valence-corrected chi connectivity index (χ2v) is 5.70. The third kappa shape index (κ3) is 2.22. The van der Waals surface area contributed by atoms with Gasteiger partial charge in [-0.25, -0.2) is 9.78 Å². The van der Waals surface area contributed by atoms with Crippen molar-refractivity contribution in [2.75, 3.05) is 6.79 Å². The van der Waals surface area contributed by atoms with Gasteiger partial charge in [-0.05, 0) is 24.6 Å². The molecule has 1 aromatic carbocycles. The van der Waals surface area contributed by atoms with Gasteiger partial charge >= 0.3 is 5.69 Å². The number of aryl methyl sites for hydroxylation is 2. The zero-order chi connectivity index (χ0) is 16.7. The van der Waals surface area contributed by atoms with Crippen LogP contribution < -0.4 is 15.2 Å². The van der Waals surface area contributed by atoms with E-state index >= 15 is 0 Å². The third-order valence-corrected chi connectivity index (χ3v) is 4.11. The second kappa shape index (κ2) is 5.63. The minimum atomic E-state index is -0.122. The van der Waals surface area contributed by atoms with E-state index in [1.807, 2.05) is 18.2 Å².